The first kappa shape index (κ1) is 15.8. The minimum Gasteiger partial charge on any atom is -0.463 e. The van der Waals surface area contributed by atoms with E-state index in [1.165, 1.54) is 0 Å². The number of hydrogen-bond acceptors (Lipinski definition) is 5. The van der Waals surface area contributed by atoms with Crippen LogP contribution in [0.4, 0.5) is 4.79 Å². The summed E-state index contributed by atoms with van der Waals surface area (Å²) in [6.45, 7) is 6.06. The summed E-state index contributed by atoms with van der Waals surface area (Å²) in [6, 6.07) is -0.316. The Bertz CT molecular complexity index is 450. The quantitative estimate of drug-likeness (QED) is 0.626. The molecule has 2 rings (SSSR count). The molecule has 2 aliphatic rings. The van der Waals surface area contributed by atoms with E-state index in [0.717, 1.165) is 13.0 Å². The van der Waals surface area contributed by atoms with Crippen LogP contribution in [0.3, 0.4) is 0 Å². The molecule has 2 amide bonds. The molecule has 0 aromatic carbocycles. The standard InChI is InChI=1S/C14H23N3O4/c1-3-21-13(19)10-6-15-14(20)16-11(10)7-17-5-4-9(2)12(18)8-17/h9,12,18H,3-8H2,1-2H3,(H2,15,16,20). The number of aliphatic hydroxyl groups is 1. The summed E-state index contributed by atoms with van der Waals surface area (Å²) in [7, 11) is 0. The lowest BCUT2D eigenvalue weighted by molar-refractivity contribution is -0.138. The first-order valence-corrected chi connectivity index (χ1v) is 7.35. The van der Waals surface area contributed by atoms with E-state index in [-0.39, 0.29) is 24.6 Å². The third kappa shape index (κ3) is 3.95. The number of β-amino-alcohol motifs (C(OH)–C–C–N with tert-alkyl or cyclic N) is 1. The van der Waals surface area contributed by atoms with Crippen molar-refractivity contribution in [2.24, 2.45) is 5.92 Å². The molecule has 0 radical (unpaired) electrons. The summed E-state index contributed by atoms with van der Waals surface area (Å²) >= 11 is 0. The predicted octanol–water partition coefficient (Wildman–Crippen LogP) is -0.181. The van der Waals surface area contributed by atoms with Gasteiger partial charge in [0.1, 0.15) is 0 Å². The van der Waals surface area contributed by atoms with Crippen molar-refractivity contribution in [2.45, 2.75) is 26.4 Å². The summed E-state index contributed by atoms with van der Waals surface area (Å²) in [6.07, 6.45) is 0.526. The van der Waals surface area contributed by atoms with Gasteiger partial charge in [0.15, 0.2) is 0 Å². The number of hydrogen-bond donors (Lipinski definition) is 3. The van der Waals surface area contributed by atoms with Crippen LogP contribution in [0.5, 0.6) is 0 Å². The van der Waals surface area contributed by atoms with E-state index in [4.69, 9.17) is 4.74 Å². The zero-order chi connectivity index (χ0) is 15.4. The fourth-order valence-electron chi connectivity index (χ4n) is 2.56. The SMILES string of the molecule is CCOC(=O)C1=C(CN2CCC(C)C(O)C2)NC(=O)NC1. The van der Waals surface area contributed by atoms with Gasteiger partial charge in [0.2, 0.25) is 0 Å². The second-order valence-electron chi connectivity index (χ2n) is 5.55. The largest absolute Gasteiger partial charge is 0.463 e. The average molecular weight is 297 g/mol. The van der Waals surface area contributed by atoms with Crippen LogP contribution in [0.25, 0.3) is 0 Å². The molecule has 0 aromatic rings. The van der Waals surface area contributed by atoms with Crippen molar-refractivity contribution in [2.75, 3.05) is 32.8 Å². The number of nitrogens with one attached hydrogen (secondary N) is 2. The van der Waals surface area contributed by atoms with Crippen LogP contribution in [0.1, 0.15) is 20.3 Å². The lowest BCUT2D eigenvalue weighted by Crippen LogP contribution is -2.49. The second-order valence-corrected chi connectivity index (χ2v) is 5.55. The Labute approximate surface area is 124 Å². The normalized spacial score (nSPS) is 27.1. The molecular weight excluding hydrogens is 274 g/mol. The van der Waals surface area contributed by atoms with Crippen LogP contribution in [-0.4, -0.2) is 60.9 Å². The van der Waals surface area contributed by atoms with Crippen LogP contribution in [0, 0.1) is 5.92 Å². The molecule has 0 aromatic heterocycles. The van der Waals surface area contributed by atoms with E-state index in [9.17, 15) is 14.7 Å². The third-order valence-electron chi connectivity index (χ3n) is 3.96. The van der Waals surface area contributed by atoms with Crippen molar-refractivity contribution in [3.05, 3.63) is 11.3 Å². The molecule has 3 N–H and O–H groups in total. The summed E-state index contributed by atoms with van der Waals surface area (Å²) in [4.78, 5) is 25.5. The summed E-state index contributed by atoms with van der Waals surface area (Å²) in [5, 5.41) is 15.2. The van der Waals surface area contributed by atoms with Crippen LogP contribution >= 0.6 is 0 Å². The number of carbonyl (C=O) groups excluding carboxylic acids is 2. The topological polar surface area (TPSA) is 90.9 Å². The molecule has 118 valence electrons. The van der Waals surface area contributed by atoms with Gasteiger partial charge >= 0.3 is 12.0 Å². The number of rotatable bonds is 4. The van der Waals surface area contributed by atoms with Crippen molar-refractivity contribution < 1.29 is 19.4 Å². The molecule has 1 saturated heterocycles. The molecular formula is C14H23N3O4. The smallest absolute Gasteiger partial charge is 0.337 e. The van der Waals surface area contributed by atoms with Crippen LogP contribution in [-0.2, 0) is 9.53 Å². The molecule has 0 bridgehead atoms. The number of amides is 2. The van der Waals surface area contributed by atoms with Gasteiger partial charge in [-0.05, 0) is 25.8 Å². The van der Waals surface area contributed by atoms with Gasteiger partial charge in [-0.15, -0.1) is 0 Å². The Morgan fingerprint density at radius 2 is 2.29 bits per heavy atom. The molecule has 7 heteroatoms. The first-order valence-electron chi connectivity index (χ1n) is 7.35. The molecule has 0 aliphatic carbocycles. The molecule has 7 nitrogen and oxygen atoms in total. The highest BCUT2D eigenvalue weighted by atomic mass is 16.5. The Kier molecular flexibility index (Phi) is 5.19. The van der Waals surface area contributed by atoms with E-state index >= 15 is 0 Å². The van der Waals surface area contributed by atoms with Crippen molar-refractivity contribution in [1.29, 1.82) is 0 Å². The molecule has 21 heavy (non-hydrogen) atoms. The Morgan fingerprint density at radius 1 is 1.52 bits per heavy atom. The minimum absolute atomic E-state index is 0.173. The van der Waals surface area contributed by atoms with E-state index < -0.39 is 5.97 Å². The minimum atomic E-state index is -0.411. The van der Waals surface area contributed by atoms with Crippen molar-refractivity contribution in [1.82, 2.24) is 15.5 Å². The van der Waals surface area contributed by atoms with Crippen LogP contribution < -0.4 is 10.6 Å². The van der Waals surface area contributed by atoms with Crippen molar-refractivity contribution in [3.63, 3.8) is 0 Å². The van der Waals surface area contributed by atoms with E-state index in [1.54, 1.807) is 6.92 Å². The monoisotopic (exact) mass is 297 g/mol. The maximum Gasteiger partial charge on any atom is 0.337 e. The number of esters is 1. The third-order valence-corrected chi connectivity index (χ3v) is 3.96. The van der Waals surface area contributed by atoms with Gasteiger partial charge in [0.25, 0.3) is 0 Å². The van der Waals surface area contributed by atoms with E-state index in [0.29, 0.717) is 31.0 Å². The number of likely N-dealkylation sites (tertiary alicyclic amines) is 1. The average Bonchev–Trinajstić information content (AvgIpc) is 2.43. The number of nitrogens with zero attached hydrogens (tertiary/aromatic N) is 1. The van der Waals surface area contributed by atoms with E-state index in [2.05, 4.69) is 10.6 Å². The van der Waals surface area contributed by atoms with Gasteiger partial charge in [0, 0.05) is 18.8 Å². The van der Waals surface area contributed by atoms with Gasteiger partial charge in [-0.25, -0.2) is 9.59 Å². The lowest BCUT2D eigenvalue weighted by Gasteiger charge is -2.35. The highest BCUT2D eigenvalue weighted by Gasteiger charge is 2.28. The summed E-state index contributed by atoms with van der Waals surface area (Å²) in [5.74, 6) is -0.131. The Hall–Kier alpha value is -1.60. The van der Waals surface area contributed by atoms with Gasteiger partial charge in [-0.2, -0.15) is 0 Å². The van der Waals surface area contributed by atoms with Gasteiger partial charge < -0.3 is 20.5 Å². The molecule has 1 fully saturated rings. The van der Waals surface area contributed by atoms with Gasteiger partial charge in [0.05, 0.1) is 24.8 Å². The fourth-order valence-corrected chi connectivity index (χ4v) is 2.56. The van der Waals surface area contributed by atoms with Crippen LogP contribution in [0.2, 0.25) is 0 Å². The summed E-state index contributed by atoms with van der Waals surface area (Å²) in [5.41, 5.74) is 1.02. The van der Waals surface area contributed by atoms with Crippen molar-refractivity contribution >= 4 is 12.0 Å². The Balaban J connectivity index is 2.09. The lowest BCUT2D eigenvalue weighted by atomic mass is 9.96. The maximum absolute atomic E-state index is 11.9. The van der Waals surface area contributed by atoms with Crippen LogP contribution in [0.15, 0.2) is 11.3 Å². The number of carbonyl (C=O) groups is 2. The van der Waals surface area contributed by atoms with Crippen molar-refractivity contribution in [3.8, 4) is 0 Å². The van der Waals surface area contributed by atoms with Gasteiger partial charge in [-0.1, -0.05) is 6.92 Å². The molecule has 2 heterocycles. The molecule has 2 aliphatic heterocycles. The predicted molar refractivity (Wildman–Crippen MR) is 76.4 cm³/mol. The summed E-state index contributed by atoms with van der Waals surface area (Å²) < 4.78 is 5.02. The maximum atomic E-state index is 11.9. The van der Waals surface area contributed by atoms with E-state index in [1.807, 2.05) is 11.8 Å². The number of ether oxygens (including phenoxy) is 1. The molecule has 2 atom stereocenters. The number of aliphatic hydroxyl groups excluding tert-OH is 1. The first-order chi connectivity index (χ1) is 10.0. The Morgan fingerprint density at radius 3 is 2.95 bits per heavy atom. The number of piperidine rings is 1. The molecule has 0 spiro atoms. The fraction of sp³-hybridized carbons (Fsp3) is 0.714. The molecule has 0 saturated carbocycles. The zero-order valence-electron chi connectivity index (χ0n) is 12.5. The molecule has 2 unspecified atom stereocenters. The number of urea groups is 1. The highest BCUT2D eigenvalue weighted by molar-refractivity contribution is 5.93. The highest BCUT2D eigenvalue weighted by Crippen LogP contribution is 2.19. The second kappa shape index (κ2) is 6.91. The zero-order valence-corrected chi connectivity index (χ0v) is 12.5. The van der Waals surface area contributed by atoms with Gasteiger partial charge in [-0.3, -0.25) is 4.90 Å².